The van der Waals surface area contributed by atoms with E-state index in [-0.39, 0.29) is 11.4 Å². The molecule has 0 atom stereocenters. The number of rotatable bonds is 5. The fraction of sp³-hybridized carbons (Fsp3) is 0.154. The zero-order valence-corrected chi connectivity index (χ0v) is 12.6. The van der Waals surface area contributed by atoms with E-state index in [0.717, 1.165) is 28.6 Å². The fourth-order valence-electron chi connectivity index (χ4n) is 1.66. The zero-order chi connectivity index (χ0) is 15.6. The third kappa shape index (κ3) is 3.46. The van der Waals surface area contributed by atoms with E-state index in [9.17, 15) is 17.6 Å². The highest BCUT2D eigenvalue weighted by Crippen LogP contribution is 2.18. The second-order valence-corrected chi connectivity index (χ2v) is 7.07. The Morgan fingerprint density at radius 1 is 1.38 bits per heavy atom. The van der Waals surface area contributed by atoms with Gasteiger partial charge in [-0.25, -0.2) is 22.3 Å². The topological polar surface area (TPSA) is 83.5 Å². The molecular weight excluding hydrogens is 317 g/mol. The van der Waals surface area contributed by atoms with Crippen molar-refractivity contribution in [3.05, 3.63) is 51.5 Å². The van der Waals surface area contributed by atoms with Crippen molar-refractivity contribution in [2.45, 2.75) is 18.4 Å². The van der Waals surface area contributed by atoms with Crippen LogP contribution < -0.4 is 4.72 Å². The van der Waals surface area contributed by atoms with E-state index in [2.05, 4.69) is 4.72 Å². The molecule has 1 heterocycles. The molecule has 0 unspecified atom stereocenters. The number of aromatic carboxylic acids is 1. The van der Waals surface area contributed by atoms with Crippen molar-refractivity contribution in [1.82, 2.24) is 4.72 Å². The summed E-state index contributed by atoms with van der Waals surface area (Å²) in [4.78, 5) is 11.4. The van der Waals surface area contributed by atoms with Gasteiger partial charge in [-0.15, -0.1) is 11.3 Å². The third-order valence-electron chi connectivity index (χ3n) is 2.87. The summed E-state index contributed by atoms with van der Waals surface area (Å²) in [5.74, 6) is -2.49. The molecule has 1 aromatic heterocycles. The van der Waals surface area contributed by atoms with E-state index in [4.69, 9.17) is 5.11 Å². The van der Waals surface area contributed by atoms with Gasteiger partial charge in [-0.1, -0.05) is 0 Å². The van der Waals surface area contributed by atoms with E-state index in [1.165, 1.54) is 11.3 Å². The van der Waals surface area contributed by atoms with Crippen LogP contribution in [0.1, 0.15) is 20.8 Å². The lowest BCUT2D eigenvalue weighted by atomic mass is 10.2. The van der Waals surface area contributed by atoms with Crippen LogP contribution in [0.2, 0.25) is 0 Å². The molecular formula is C13H12FNO4S2. The average Bonchev–Trinajstić information content (AvgIpc) is 2.82. The zero-order valence-electron chi connectivity index (χ0n) is 11.0. The van der Waals surface area contributed by atoms with Gasteiger partial charge in [0.05, 0.1) is 10.5 Å². The van der Waals surface area contributed by atoms with Gasteiger partial charge < -0.3 is 5.11 Å². The first-order valence-electron chi connectivity index (χ1n) is 5.87. The van der Waals surface area contributed by atoms with Crippen LogP contribution in [0.25, 0.3) is 0 Å². The Bertz CT molecular complexity index is 783. The van der Waals surface area contributed by atoms with Crippen LogP contribution in [0.15, 0.2) is 34.5 Å². The molecule has 21 heavy (non-hydrogen) atoms. The smallest absolute Gasteiger partial charge is 0.338 e. The van der Waals surface area contributed by atoms with Crippen LogP contribution >= 0.6 is 11.3 Å². The minimum absolute atomic E-state index is 0.103. The Hall–Kier alpha value is -1.77. The molecule has 1 aromatic carbocycles. The summed E-state index contributed by atoms with van der Waals surface area (Å²) in [5.41, 5.74) is 0.290. The van der Waals surface area contributed by atoms with Crippen LogP contribution in [0, 0.1) is 12.7 Å². The number of hydrogen-bond donors (Lipinski definition) is 2. The Kier molecular flexibility index (Phi) is 4.40. The maximum Gasteiger partial charge on any atom is 0.338 e. The van der Waals surface area contributed by atoms with Crippen LogP contribution in [0.3, 0.4) is 0 Å². The largest absolute Gasteiger partial charge is 0.478 e. The summed E-state index contributed by atoms with van der Waals surface area (Å²) < 4.78 is 39.9. The summed E-state index contributed by atoms with van der Waals surface area (Å²) in [5, 5.41) is 10.7. The number of nitrogens with one attached hydrogen (secondary N) is 1. The van der Waals surface area contributed by atoms with Gasteiger partial charge in [0.15, 0.2) is 0 Å². The molecule has 0 aliphatic heterocycles. The van der Waals surface area contributed by atoms with Gasteiger partial charge in [0.1, 0.15) is 5.82 Å². The third-order valence-corrected chi connectivity index (χ3v) is 5.29. The summed E-state index contributed by atoms with van der Waals surface area (Å²) in [6.45, 7) is 1.96. The molecule has 0 saturated heterocycles. The number of thiophene rings is 1. The second-order valence-electron chi connectivity index (χ2n) is 4.30. The monoisotopic (exact) mass is 329 g/mol. The molecule has 0 amide bonds. The molecule has 2 N–H and O–H groups in total. The first-order chi connectivity index (χ1) is 9.81. The molecule has 0 aliphatic rings. The van der Waals surface area contributed by atoms with Gasteiger partial charge in [0.2, 0.25) is 10.0 Å². The van der Waals surface area contributed by atoms with E-state index >= 15 is 0 Å². The maximum atomic E-state index is 13.3. The lowest BCUT2D eigenvalue weighted by molar-refractivity contribution is 0.0691. The summed E-state index contributed by atoms with van der Waals surface area (Å²) in [6, 6.07) is 4.54. The Morgan fingerprint density at radius 3 is 2.67 bits per heavy atom. The molecule has 0 radical (unpaired) electrons. The summed E-state index contributed by atoms with van der Waals surface area (Å²) >= 11 is 1.41. The molecule has 2 aromatic rings. The Balaban J connectivity index is 2.26. The van der Waals surface area contributed by atoms with Gasteiger partial charge in [0, 0.05) is 11.4 Å². The number of aryl methyl sites for hydroxylation is 1. The Morgan fingerprint density at radius 2 is 2.10 bits per heavy atom. The molecule has 5 nitrogen and oxygen atoms in total. The first-order valence-corrected chi connectivity index (χ1v) is 8.23. The van der Waals surface area contributed by atoms with Crippen molar-refractivity contribution in [3.8, 4) is 0 Å². The van der Waals surface area contributed by atoms with Crippen LogP contribution in [0.4, 0.5) is 4.39 Å². The molecule has 8 heteroatoms. The van der Waals surface area contributed by atoms with E-state index in [1.54, 1.807) is 0 Å². The van der Waals surface area contributed by atoms with Crippen LogP contribution in [-0.4, -0.2) is 19.5 Å². The quantitative estimate of drug-likeness (QED) is 0.882. The van der Waals surface area contributed by atoms with E-state index in [0.29, 0.717) is 0 Å². The molecule has 0 saturated carbocycles. The highest BCUT2D eigenvalue weighted by Gasteiger charge is 2.19. The highest BCUT2D eigenvalue weighted by molar-refractivity contribution is 7.89. The van der Waals surface area contributed by atoms with Gasteiger partial charge >= 0.3 is 5.97 Å². The number of carboxylic acids is 1. The fourth-order valence-corrected chi connectivity index (χ4v) is 3.62. The molecule has 2 rings (SSSR count). The van der Waals surface area contributed by atoms with Crippen LogP contribution in [-0.2, 0) is 16.6 Å². The van der Waals surface area contributed by atoms with Crippen molar-refractivity contribution < 1.29 is 22.7 Å². The SMILES string of the molecule is Cc1ccsc1CNS(=O)(=O)c1ccc(F)c(C(=O)O)c1. The lowest BCUT2D eigenvalue weighted by Gasteiger charge is -2.07. The number of hydrogen-bond acceptors (Lipinski definition) is 4. The van der Waals surface area contributed by atoms with Crippen molar-refractivity contribution in [2.75, 3.05) is 0 Å². The number of carbonyl (C=O) groups is 1. The minimum atomic E-state index is -3.90. The lowest BCUT2D eigenvalue weighted by Crippen LogP contribution is -2.23. The predicted molar refractivity (Wildman–Crippen MR) is 76.4 cm³/mol. The van der Waals surface area contributed by atoms with Crippen molar-refractivity contribution in [1.29, 1.82) is 0 Å². The first kappa shape index (κ1) is 15.6. The highest BCUT2D eigenvalue weighted by atomic mass is 32.2. The molecule has 0 fully saturated rings. The van der Waals surface area contributed by atoms with Crippen molar-refractivity contribution in [3.63, 3.8) is 0 Å². The van der Waals surface area contributed by atoms with Gasteiger partial charge in [0.25, 0.3) is 0 Å². The number of carboxylic acid groups (broad SMARTS) is 1. The minimum Gasteiger partial charge on any atom is -0.478 e. The Labute approximate surface area is 125 Å². The van der Waals surface area contributed by atoms with Crippen molar-refractivity contribution in [2.24, 2.45) is 0 Å². The number of benzene rings is 1. The van der Waals surface area contributed by atoms with E-state index < -0.39 is 27.4 Å². The normalized spacial score (nSPS) is 11.5. The average molecular weight is 329 g/mol. The van der Waals surface area contributed by atoms with E-state index in [1.807, 2.05) is 18.4 Å². The van der Waals surface area contributed by atoms with Crippen molar-refractivity contribution >= 4 is 27.3 Å². The summed E-state index contributed by atoms with van der Waals surface area (Å²) in [7, 11) is -3.90. The second kappa shape index (κ2) is 5.92. The predicted octanol–water partition coefficient (Wildman–Crippen LogP) is 2.37. The summed E-state index contributed by atoms with van der Waals surface area (Å²) in [6.07, 6.45) is 0. The molecule has 0 bridgehead atoms. The van der Waals surface area contributed by atoms with Gasteiger partial charge in [-0.2, -0.15) is 0 Å². The van der Waals surface area contributed by atoms with Gasteiger partial charge in [-0.3, -0.25) is 0 Å². The molecule has 112 valence electrons. The number of sulfonamides is 1. The maximum absolute atomic E-state index is 13.3. The van der Waals surface area contributed by atoms with Gasteiger partial charge in [-0.05, 0) is 42.1 Å². The molecule has 0 spiro atoms. The standard InChI is InChI=1S/C13H12FNO4S2/c1-8-4-5-20-12(8)7-15-21(18,19)9-2-3-11(14)10(6-9)13(16)17/h2-6,15H,7H2,1H3,(H,16,17). The molecule has 0 aliphatic carbocycles. The number of halogens is 1. The van der Waals surface area contributed by atoms with Crippen LogP contribution in [0.5, 0.6) is 0 Å².